The third kappa shape index (κ3) is 4.73. The van der Waals surface area contributed by atoms with Crippen LogP contribution in [0.3, 0.4) is 0 Å². The second-order valence-electron chi connectivity index (χ2n) is 8.54. The zero-order chi connectivity index (χ0) is 25.1. The molecule has 2 aliphatic heterocycles. The zero-order valence-electron chi connectivity index (χ0n) is 20.3. The van der Waals surface area contributed by atoms with Crippen LogP contribution in [0.2, 0.25) is 0 Å². The quantitative estimate of drug-likeness (QED) is 0.432. The molecule has 1 amide bonds. The molecule has 0 saturated carbocycles. The molecule has 35 heavy (non-hydrogen) atoms. The minimum Gasteiger partial charge on any atom is -0.368 e. The topological polar surface area (TPSA) is 72.6 Å². The molecule has 1 aromatic carbocycles. The summed E-state index contributed by atoms with van der Waals surface area (Å²) in [4.78, 5) is 33.0. The van der Waals surface area contributed by atoms with Crippen molar-refractivity contribution in [1.29, 1.82) is 5.26 Å². The number of anilines is 2. The smallest absolute Gasteiger partial charge is 0.270 e. The summed E-state index contributed by atoms with van der Waals surface area (Å²) < 4.78 is 2.21. The van der Waals surface area contributed by atoms with E-state index < -0.39 is 0 Å². The van der Waals surface area contributed by atoms with Gasteiger partial charge in [-0.25, -0.2) is 0 Å². The maximum Gasteiger partial charge on any atom is 0.270 e. The van der Waals surface area contributed by atoms with E-state index in [1.165, 1.54) is 17.4 Å². The maximum atomic E-state index is 13.2. The van der Waals surface area contributed by atoms with Crippen molar-refractivity contribution in [3.8, 4) is 6.07 Å². The van der Waals surface area contributed by atoms with Gasteiger partial charge in [-0.15, -0.1) is 0 Å². The molecule has 0 atom stereocenters. The van der Waals surface area contributed by atoms with Gasteiger partial charge in [-0.3, -0.25) is 19.1 Å². The number of carbonyl (C=O) groups excluding carboxylic acids is 1. The minimum atomic E-state index is -0.288. The molecule has 0 N–H and O–H groups in total. The van der Waals surface area contributed by atoms with Crippen molar-refractivity contribution >= 4 is 51.8 Å². The Bertz CT molecular complexity index is 1270. The van der Waals surface area contributed by atoms with Crippen LogP contribution in [-0.4, -0.2) is 52.4 Å². The standard InChI is InChI=1S/C26H29N5O2S2/c1-4-11-31-25(33)22(35-26(31)34)16-20-18(3)21(17-27)24(32)30(5-2)23(20)29-14-12-28(13-15-29)19-9-7-6-8-10-19/h6-10,16H,4-5,11-15H2,1-3H3/b22-16-. The van der Waals surface area contributed by atoms with E-state index in [2.05, 4.69) is 28.0 Å². The largest absolute Gasteiger partial charge is 0.368 e. The van der Waals surface area contributed by atoms with Crippen LogP contribution in [0.4, 0.5) is 11.5 Å². The number of hydrogen-bond acceptors (Lipinski definition) is 7. The Kier molecular flexibility index (Phi) is 7.63. The van der Waals surface area contributed by atoms with Crippen molar-refractivity contribution in [3.05, 3.63) is 62.3 Å². The molecule has 3 heterocycles. The Morgan fingerprint density at radius 3 is 2.34 bits per heavy atom. The van der Waals surface area contributed by atoms with Gasteiger partial charge in [-0.05, 0) is 44.0 Å². The summed E-state index contributed by atoms with van der Waals surface area (Å²) in [5.74, 6) is 0.649. The van der Waals surface area contributed by atoms with Gasteiger partial charge in [0.25, 0.3) is 11.5 Å². The van der Waals surface area contributed by atoms with Crippen LogP contribution in [0.15, 0.2) is 40.0 Å². The number of rotatable bonds is 6. The van der Waals surface area contributed by atoms with E-state index in [4.69, 9.17) is 12.2 Å². The van der Waals surface area contributed by atoms with Gasteiger partial charge in [0, 0.05) is 50.5 Å². The number of thiocarbonyl (C=S) groups is 1. The summed E-state index contributed by atoms with van der Waals surface area (Å²) >= 11 is 6.73. The Morgan fingerprint density at radius 2 is 1.74 bits per heavy atom. The highest BCUT2D eigenvalue weighted by Gasteiger charge is 2.33. The van der Waals surface area contributed by atoms with Gasteiger partial charge in [0.1, 0.15) is 21.8 Å². The van der Waals surface area contributed by atoms with Crippen molar-refractivity contribution in [2.24, 2.45) is 0 Å². The molecule has 0 unspecified atom stereocenters. The molecule has 2 aliphatic rings. The van der Waals surface area contributed by atoms with Crippen LogP contribution in [-0.2, 0) is 11.3 Å². The lowest BCUT2D eigenvalue weighted by molar-refractivity contribution is -0.122. The fourth-order valence-corrected chi connectivity index (χ4v) is 5.93. The van der Waals surface area contributed by atoms with Crippen LogP contribution in [0.5, 0.6) is 0 Å². The molecule has 9 heteroatoms. The van der Waals surface area contributed by atoms with Gasteiger partial charge < -0.3 is 9.80 Å². The highest BCUT2D eigenvalue weighted by atomic mass is 32.2. The normalized spacial score (nSPS) is 17.4. The number of amides is 1. The van der Waals surface area contributed by atoms with E-state index in [1.54, 1.807) is 16.4 Å². The zero-order valence-corrected chi connectivity index (χ0v) is 21.9. The van der Waals surface area contributed by atoms with E-state index in [9.17, 15) is 14.9 Å². The molecule has 182 valence electrons. The number of pyridine rings is 1. The summed E-state index contributed by atoms with van der Waals surface area (Å²) in [6.07, 6.45) is 2.64. The minimum absolute atomic E-state index is 0.117. The van der Waals surface area contributed by atoms with Crippen molar-refractivity contribution in [2.45, 2.75) is 33.7 Å². The lowest BCUT2D eigenvalue weighted by Crippen LogP contribution is -2.48. The van der Waals surface area contributed by atoms with Gasteiger partial charge in [0.2, 0.25) is 0 Å². The lowest BCUT2D eigenvalue weighted by Gasteiger charge is -2.39. The van der Waals surface area contributed by atoms with Crippen molar-refractivity contribution in [3.63, 3.8) is 0 Å². The fourth-order valence-electron chi connectivity index (χ4n) is 4.64. The number of hydrogen-bond donors (Lipinski definition) is 0. The first-order chi connectivity index (χ1) is 16.9. The van der Waals surface area contributed by atoms with Crippen molar-refractivity contribution in [1.82, 2.24) is 9.47 Å². The lowest BCUT2D eigenvalue weighted by atomic mass is 10.0. The predicted octanol–water partition coefficient (Wildman–Crippen LogP) is 3.99. The van der Waals surface area contributed by atoms with Crippen LogP contribution >= 0.6 is 24.0 Å². The third-order valence-electron chi connectivity index (χ3n) is 6.46. The van der Waals surface area contributed by atoms with E-state index >= 15 is 0 Å². The summed E-state index contributed by atoms with van der Waals surface area (Å²) in [7, 11) is 0. The molecule has 4 rings (SSSR count). The number of para-hydroxylation sites is 1. The van der Waals surface area contributed by atoms with Gasteiger partial charge in [0.05, 0.1) is 4.91 Å². The molecule has 0 radical (unpaired) electrons. The van der Waals surface area contributed by atoms with Crippen molar-refractivity contribution in [2.75, 3.05) is 42.5 Å². The van der Waals surface area contributed by atoms with E-state index in [0.29, 0.717) is 27.9 Å². The molecule has 7 nitrogen and oxygen atoms in total. The SMILES string of the molecule is CCCN1C(=O)/C(=C/c2c(C)c(C#N)c(=O)n(CC)c2N2CCN(c3ccccc3)CC2)SC1=S. The van der Waals surface area contributed by atoms with Gasteiger partial charge in [-0.2, -0.15) is 5.26 Å². The summed E-state index contributed by atoms with van der Waals surface area (Å²) in [5, 5.41) is 9.77. The first-order valence-electron chi connectivity index (χ1n) is 11.9. The van der Waals surface area contributed by atoms with Crippen LogP contribution in [0.25, 0.3) is 6.08 Å². The van der Waals surface area contributed by atoms with Gasteiger partial charge in [-0.1, -0.05) is 49.1 Å². The molecular formula is C26H29N5O2S2. The second kappa shape index (κ2) is 10.7. The Balaban J connectivity index is 1.77. The van der Waals surface area contributed by atoms with Crippen LogP contribution < -0.4 is 15.4 Å². The second-order valence-corrected chi connectivity index (χ2v) is 10.2. The van der Waals surface area contributed by atoms with E-state index in [1.807, 2.05) is 38.1 Å². The number of aromatic nitrogens is 1. The molecule has 2 saturated heterocycles. The average molecular weight is 508 g/mol. The number of thioether (sulfide) groups is 1. The number of nitriles is 1. The Hall–Kier alpha value is -3.09. The molecule has 0 bridgehead atoms. The number of nitrogens with zero attached hydrogens (tertiary/aromatic N) is 5. The fraction of sp³-hybridized carbons (Fsp3) is 0.385. The number of piperazine rings is 1. The average Bonchev–Trinajstić information content (AvgIpc) is 3.14. The molecule has 2 fully saturated rings. The number of benzene rings is 1. The van der Waals surface area contributed by atoms with E-state index in [-0.39, 0.29) is 17.0 Å². The highest BCUT2D eigenvalue weighted by molar-refractivity contribution is 8.26. The van der Waals surface area contributed by atoms with Gasteiger partial charge >= 0.3 is 0 Å². The first-order valence-corrected chi connectivity index (χ1v) is 13.1. The molecule has 0 spiro atoms. The summed E-state index contributed by atoms with van der Waals surface area (Å²) in [6.45, 7) is 9.77. The Morgan fingerprint density at radius 1 is 1.09 bits per heavy atom. The summed E-state index contributed by atoms with van der Waals surface area (Å²) in [5.41, 5.74) is 2.35. The van der Waals surface area contributed by atoms with Crippen LogP contribution in [0.1, 0.15) is 37.0 Å². The molecule has 1 aromatic heterocycles. The number of carbonyl (C=O) groups is 1. The predicted molar refractivity (Wildman–Crippen MR) is 147 cm³/mol. The first kappa shape index (κ1) is 25.0. The molecule has 2 aromatic rings. The third-order valence-corrected chi connectivity index (χ3v) is 7.84. The van der Waals surface area contributed by atoms with E-state index in [0.717, 1.165) is 44.0 Å². The molecule has 0 aliphatic carbocycles. The van der Waals surface area contributed by atoms with Crippen molar-refractivity contribution < 1.29 is 4.79 Å². The highest BCUT2D eigenvalue weighted by Crippen LogP contribution is 2.36. The van der Waals surface area contributed by atoms with Gasteiger partial charge in [0.15, 0.2) is 0 Å². The van der Waals surface area contributed by atoms with Crippen LogP contribution in [0, 0.1) is 18.3 Å². The monoisotopic (exact) mass is 507 g/mol. The Labute approximate surface area is 215 Å². The maximum absolute atomic E-state index is 13.2. The summed E-state index contributed by atoms with van der Waals surface area (Å²) in [6, 6.07) is 12.4. The molecular weight excluding hydrogens is 478 g/mol.